The number of aromatic nitrogens is 3. The number of hydrogen-bond donors (Lipinski definition) is 2. The Morgan fingerprint density at radius 3 is 2.46 bits per heavy atom. The lowest BCUT2D eigenvalue weighted by Gasteiger charge is -2.04. The zero-order valence-electron chi connectivity index (χ0n) is 12.7. The molecule has 1 amide bonds. The van der Waals surface area contributed by atoms with Gasteiger partial charge in [0.15, 0.2) is 5.69 Å². The molecule has 3 aromatic rings. The quantitative estimate of drug-likeness (QED) is 0.749. The van der Waals surface area contributed by atoms with Crippen molar-refractivity contribution in [2.45, 2.75) is 13.2 Å². The van der Waals surface area contributed by atoms with E-state index in [-0.39, 0.29) is 23.7 Å². The molecule has 122 valence electrons. The molecule has 3 rings (SSSR count). The number of carbonyl (C=O) groups is 1. The van der Waals surface area contributed by atoms with Crippen molar-refractivity contribution in [3.05, 3.63) is 77.4 Å². The number of nitrogens with zero attached hydrogens (tertiary/aromatic N) is 3. The molecular weight excluding hydrogens is 311 g/mol. The SMILES string of the molecule is O=C(NCc1ccc(F)cc1)c1nn(-c2ccccc2)nc1CO. The summed E-state index contributed by atoms with van der Waals surface area (Å²) in [6.07, 6.45) is 0. The first-order valence-electron chi connectivity index (χ1n) is 7.32. The molecule has 0 aliphatic heterocycles. The maximum absolute atomic E-state index is 12.9. The highest BCUT2D eigenvalue weighted by molar-refractivity contribution is 5.93. The van der Waals surface area contributed by atoms with Gasteiger partial charge < -0.3 is 10.4 Å². The molecule has 2 N–H and O–H groups in total. The molecule has 0 bridgehead atoms. The number of carbonyl (C=O) groups excluding carboxylic acids is 1. The van der Waals surface area contributed by atoms with Gasteiger partial charge in [-0.15, -0.1) is 10.2 Å². The van der Waals surface area contributed by atoms with E-state index in [0.29, 0.717) is 5.69 Å². The fraction of sp³-hybridized carbons (Fsp3) is 0.118. The molecule has 7 heteroatoms. The summed E-state index contributed by atoms with van der Waals surface area (Å²) in [6, 6.07) is 14.9. The standard InChI is InChI=1S/C17H15FN4O2/c18-13-8-6-12(7-9-13)10-19-17(24)16-15(11-23)20-22(21-16)14-4-2-1-3-5-14/h1-9,23H,10-11H2,(H,19,24). The maximum Gasteiger partial charge on any atom is 0.274 e. The Kier molecular flexibility index (Phi) is 4.62. The van der Waals surface area contributed by atoms with Crippen molar-refractivity contribution in [2.24, 2.45) is 0 Å². The molecule has 1 heterocycles. The van der Waals surface area contributed by atoms with Crippen molar-refractivity contribution >= 4 is 5.91 Å². The number of para-hydroxylation sites is 1. The topological polar surface area (TPSA) is 80.0 Å². The number of amides is 1. The van der Waals surface area contributed by atoms with Gasteiger partial charge in [-0.2, -0.15) is 4.80 Å². The van der Waals surface area contributed by atoms with Crippen LogP contribution in [0.25, 0.3) is 5.69 Å². The number of halogens is 1. The minimum absolute atomic E-state index is 0.0588. The molecule has 0 atom stereocenters. The number of aliphatic hydroxyl groups is 1. The van der Waals surface area contributed by atoms with Crippen LogP contribution in [0.15, 0.2) is 54.6 Å². The lowest BCUT2D eigenvalue weighted by atomic mass is 10.2. The van der Waals surface area contributed by atoms with Crippen LogP contribution in [0.1, 0.15) is 21.7 Å². The van der Waals surface area contributed by atoms with Gasteiger partial charge in [0.05, 0.1) is 12.3 Å². The summed E-state index contributed by atoms with van der Waals surface area (Å²) in [4.78, 5) is 13.6. The first kappa shape index (κ1) is 15.8. The van der Waals surface area contributed by atoms with Gasteiger partial charge in [-0.1, -0.05) is 30.3 Å². The van der Waals surface area contributed by atoms with E-state index in [2.05, 4.69) is 15.5 Å². The molecule has 2 aromatic carbocycles. The van der Waals surface area contributed by atoms with Gasteiger partial charge in [-0.3, -0.25) is 4.79 Å². The summed E-state index contributed by atoms with van der Waals surface area (Å²) < 4.78 is 12.9. The number of aliphatic hydroxyl groups excluding tert-OH is 1. The Balaban J connectivity index is 1.76. The van der Waals surface area contributed by atoms with Gasteiger partial charge in [0.1, 0.15) is 11.5 Å². The second-order valence-electron chi connectivity index (χ2n) is 5.09. The highest BCUT2D eigenvalue weighted by atomic mass is 19.1. The van der Waals surface area contributed by atoms with E-state index in [9.17, 15) is 14.3 Å². The van der Waals surface area contributed by atoms with E-state index in [1.807, 2.05) is 18.2 Å². The number of benzene rings is 2. The first-order valence-corrected chi connectivity index (χ1v) is 7.32. The lowest BCUT2D eigenvalue weighted by molar-refractivity contribution is 0.0942. The summed E-state index contributed by atoms with van der Waals surface area (Å²) in [7, 11) is 0. The van der Waals surface area contributed by atoms with Crippen molar-refractivity contribution in [3.8, 4) is 5.69 Å². The Labute approximate surface area is 137 Å². The Bertz CT molecular complexity index is 832. The van der Waals surface area contributed by atoms with Crippen LogP contribution in [-0.2, 0) is 13.2 Å². The van der Waals surface area contributed by atoms with Gasteiger partial charge in [-0.05, 0) is 29.8 Å². The molecule has 0 aliphatic rings. The molecule has 0 saturated heterocycles. The third-order valence-corrected chi connectivity index (χ3v) is 3.40. The van der Waals surface area contributed by atoms with E-state index >= 15 is 0 Å². The van der Waals surface area contributed by atoms with E-state index in [1.165, 1.54) is 16.9 Å². The van der Waals surface area contributed by atoms with Gasteiger partial charge in [-0.25, -0.2) is 4.39 Å². The third-order valence-electron chi connectivity index (χ3n) is 3.40. The van der Waals surface area contributed by atoms with Crippen LogP contribution >= 0.6 is 0 Å². The highest BCUT2D eigenvalue weighted by Crippen LogP contribution is 2.10. The fourth-order valence-electron chi connectivity index (χ4n) is 2.16. The minimum atomic E-state index is -0.453. The smallest absolute Gasteiger partial charge is 0.274 e. The number of rotatable bonds is 5. The van der Waals surface area contributed by atoms with Gasteiger partial charge >= 0.3 is 0 Å². The lowest BCUT2D eigenvalue weighted by Crippen LogP contribution is -2.24. The molecule has 0 fully saturated rings. The molecule has 0 radical (unpaired) electrons. The first-order chi connectivity index (χ1) is 11.7. The monoisotopic (exact) mass is 326 g/mol. The van der Waals surface area contributed by atoms with E-state index in [0.717, 1.165) is 5.56 Å². The second kappa shape index (κ2) is 7.01. The summed E-state index contributed by atoms with van der Waals surface area (Å²) in [6.45, 7) is -0.172. The highest BCUT2D eigenvalue weighted by Gasteiger charge is 2.18. The maximum atomic E-state index is 12.9. The van der Waals surface area contributed by atoms with Crippen LogP contribution in [-0.4, -0.2) is 26.0 Å². The Morgan fingerprint density at radius 1 is 1.08 bits per heavy atom. The Hall–Kier alpha value is -3.06. The summed E-state index contributed by atoms with van der Waals surface area (Å²) in [5.74, 6) is -0.788. The zero-order valence-corrected chi connectivity index (χ0v) is 12.7. The van der Waals surface area contributed by atoms with Crippen LogP contribution in [0.4, 0.5) is 4.39 Å². The average Bonchev–Trinajstić information content (AvgIpc) is 3.06. The summed E-state index contributed by atoms with van der Waals surface area (Å²) in [5.41, 5.74) is 1.69. The van der Waals surface area contributed by atoms with Crippen LogP contribution in [0.5, 0.6) is 0 Å². The third kappa shape index (κ3) is 3.47. The summed E-state index contributed by atoms with van der Waals surface area (Å²) in [5, 5.41) is 20.4. The van der Waals surface area contributed by atoms with Crippen molar-refractivity contribution in [3.63, 3.8) is 0 Å². The molecule has 24 heavy (non-hydrogen) atoms. The van der Waals surface area contributed by atoms with Crippen LogP contribution < -0.4 is 5.32 Å². The van der Waals surface area contributed by atoms with Crippen molar-refractivity contribution in [1.82, 2.24) is 20.3 Å². The summed E-state index contributed by atoms with van der Waals surface area (Å²) >= 11 is 0. The predicted octanol–water partition coefficient (Wildman–Crippen LogP) is 1.83. The zero-order chi connectivity index (χ0) is 16.9. The normalized spacial score (nSPS) is 10.6. The molecule has 6 nitrogen and oxygen atoms in total. The van der Waals surface area contributed by atoms with Crippen LogP contribution in [0.2, 0.25) is 0 Å². The average molecular weight is 326 g/mol. The van der Waals surface area contributed by atoms with Gasteiger partial charge in [0.25, 0.3) is 5.91 Å². The molecule has 0 spiro atoms. The molecular formula is C17H15FN4O2. The van der Waals surface area contributed by atoms with E-state index < -0.39 is 12.5 Å². The van der Waals surface area contributed by atoms with Gasteiger partial charge in [0, 0.05) is 6.54 Å². The fourth-order valence-corrected chi connectivity index (χ4v) is 2.16. The second-order valence-corrected chi connectivity index (χ2v) is 5.09. The van der Waals surface area contributed by atoms with Crippen molar-refractivity contribution in [1.29, 1.82) is 0 Å². The molecule has 0 unspecified atom stereocenters. The van der Waals surface area contributed by atoms with E-state index in [4.69, 9.17) is 0 Å². The van der Waals surface area contributed by atoms with E-state index in [1.54, 1.807) is 24.3 Å². The van der Waals surface area contributed by atoms with Crippen molar-refractivity contribution in [2.75, 3.05) is 0 Å². The van der Waals surface area contributed by atoms with Crippen molar-refractivity contribution < 1.29 is 14.3 Å². The largest absolute Gasteiger partial charge is 0.390 e. The Morgan fingerprint density at radius 2 is 1.79 bits per heavy atom. The van der Waals surface area contributed by atoms with Crippen LogP contribution in [0.3, 0.4) is 0 Å². The van der Waals surface area contributed by atoms with Crippen LogP contribution in [0, 0.1) is 5.82 Å². The minimum Gasteiger partial charge on any atom is -0.390 e. The molecule has 0 saturated carbocycles. The number of nitrogens with one attached hydrogen (secondary N) is 1. The predicted molar refractivity (Wildman–Crippen MR) is 84.9 cm³/mol. The number of hydrogen-bond acceptors (Lipinski definition) is 4. The van der Waals surface area contributed by atoms with Gasteiger partial charge in [0.2, 0.25) is 0 Å². The molecule has 1 aromatic heterocycles. The molecule has 0 aliphatic carbocycles.